The first-order valence-electron chi connectivity index (χ1n) is 38.1. The zero-order chi connectivity index (χ0) is 88.8. The number of allylic oxidation sites excluding steroid dienone is 1. The normalized spacial score (nSPS) is 21.6. The Morgan fingerprint density at radius 2 is 0.926 bits per heavy atom. The maximum absolute atomic E-state index is 13.2. The second-order valence-electron chi connectivity index (χ2n) is 31.8. The van der Waals surface area contributed by atoms with Crippen LogP contribution in [0.4, 0.5) is 15.4 Å². The average Bonchev–Trinajstić information content (AvgIpc) is 1.60. The molecule has 5 amide bonds. The van der Waals surface area contributed by atoms with Crippen LogP contribution >= 0.6 is 98.5 Å². The topological polar surface area (TPSA) is 497 Å². The van der Waals surface area contributed by atoms with E-state index in [2.05, 4.69) is 129 Å². The number of rotatable bonds is 17. The Morgan fingerprint density at radius 3 is 1.27 bits per heavy atom. The Bertz CT molecular complexity index is 5140. The number of halogens is 7. The highest BCUT2D eigenvalue weighted by molar-refractivity contribution is 9.11. The number of nitrogens with zero attached hydrogens (tertiary/aromatic N) is 18. The number of piperidine rings is 4. The first-order chi connectivity index (χ1) is 57.0. The molecule has 16 rings (SSSR count). The summed E-state index contributed by atoms with van der Waals surface area (Å²) in [6, 6.07) is 5.99. The molecule has 43 heteroatoms. The number of amides is 5. The van der Waals surface area contributed by atoms with E-state index in [1.807, 2.05) is 53.6 Å². The number of carboxylic acids is 2. The number of carbonyl (C=O) groups excluding carboxylic acids is 8. The van der Waals surface area contributed by atoms with Crippen molar-refractivity contribution in [1.82, 2.24) is 94.3 Å². The van der Waals surface area contributed by atoms with Crippen molar-refractivity contribution in [2.75, 3.05) is 25.2 Å². The van der Waals surface area contributed by atoms with E-state index in [0.29, 0.717) is 101 Å². The molecule has 8 aliphatic rings. The van der Waals surface area contributed by atoms with Gasteiger partial charge in [0.05, 0.1) is 102 Å². The summed E-state index contributed by atoms with van der Waals surface area (Å²) in [7, 11) is 3.85. The molecule has 0 radical (unpaired) electrons. The van der Waals surface area contributed by atoms with Crippen LogP contribution in [0.5, 0.6) is 0 Å². The van der Waals surface area contributed by atoms with Gasteiger partial charge in [-0.1, -0.05) is 11.6 Å². The van der Waals surface area contributed by atoms with Crippen molar-refractivity contribution in [3.05, 3.63) is 144 Å². The number of pyridine rings is 2. The number of hydrogen-bond donors (Lipinski definition) is 6. The fourth-order valence-corrected chi connectivity index (χ4v) is 15.6. The maximum atomic E-state index is 13.2. The number of hydrogen-bond acceptors (Lipinski definition) is 27. The van der Waals surface area contributed by atoms with Crippen molar-refractivity contribution < 1.29 is 67.6 Å². The van der Waals surface area contributed by atoms with Crippen molar-refractivity contribution >= 4 is 186 Å². The molecule has 4 aliphatic heterocycles. The van der Waals surface area contributed by atoms with Crippen molar-refractivity contribution in [2.45, 2.75) is 199 Å². The molecular weight excluding hydrogens is 1890 g/mol. The van der Waals surface area contributed by atoms with Gasteiger partial charge in [-0.25, -0.2) is 53.7 Å². The summed E-state index contributed by atoms with van der Waals surface area (Å²) < 4.78 is 15.7. The summed E-state index contributed by atoms with van der Waals surface area (Å²) >= 11 is 28.2. The molecule has 4 saturated heterocycles. The lowest BCUT2D eigenvalue weighted by molar-refractivity contribution is -0.142. The molecule has 0 aromatic carbocycles. The van der Waals surface area contributed by atoms with E-state index in [0.717, 1.165) is 59.1 Å². The van der Waals surface area contributed by atoms with E-state index in [9.17, 15) is 47.9 Å². The third-order valence-corrected chi connectivity index (χ3v) is 21.9. The summed E-state index contributed by atoms with van der Waals surface area (Å²) in [6.07, 6.45) is 22.4. The van der Waals surface area contributed by atoms with Gasteiger partial charge in [-0.2, -0.15) is 10.2 Å². The average molecular weight is 1990 g/mol. The van der Waals surface area contributed by atoms with Gasteiger partial charge in [0.2, 0.25) is 5.91 Å². The third kappa shape index (κ3) is 27.3. The standard InChI is InChI=1S/C20H18BrN7O3.C16H20BrN3O3.C11H12BrN3O.C11H17NO4.C9H8N4O3.C6H12ClN.C4H4BrN3.CH2Cl2/c21-16-8-23-7-11(25-16)6-15(29)14-5-10-4-13(10)28(14)17(30)9-27-20-12(2-1-3-24-20)18(26-27)19(22)31;1-16(2,3)23-15(22)20-11-4-9(11)5-12(20)13(21)6-10-7-18-8-14(17)19-10;12-11-5-13-4-7(14-11)3-10(16)9-2-6-1-8(6)15-9;1-11(2,3)16-10(15)12-7-4-6(7)5-8(12)9(13)14;10-8(16)7-5-2-1-3-11-9(5)13(12-7)4-6(14)15;1-5(2)6(7)8(3)4;5-3-1-7-2-4(6)8-3;2-1-3/h1-3,7-8,10,13-14H,4-6,9H2,(H2,22,31);7-9,11-12H,4-6H2,1-3H3;4-6,8-9,15H,1-3H2;6-8H,4-5H2,1-3H3,(H,13,14);1-3H,4H2,(H2,10,16)(H,14,15);1-4H3;1-2H,(H2,6,8);1H2/t10-,13?,14+;9-,11?,12+;6-,8?,9+;6-,7?,8+;;;;/m1111..../s1. The molecule has 8 aromatic heterocycles. The number of nitrogen functional groups attached to an aromatic ring is 1. The lowest BCUT2D eigenvalue weighted by atomic mass is 10.0. The molecule has 4 saturated carbocycles. The highest BCUT2D eigenvalue weighted by Gasteiger charge is 2.59. The van der Waals surface area contributed by atoms with Crippen LogP contribution in [0.2, 0.25) is 0 Å². The van der Waals surface area contributed by atoms with E-state index >= 15 is 0 Å². The van der Waals surface area contributed by atoms with Crippen LogP contribution < -0.4 is 22.5 Å². The van der Waals surface area contributed by atoms with Gasteiger partial charge in [0.1, 0.15) is 59.7 Å². The number of carbonyl (C=O) groups is 10. The number of nitrogens with one attached hydrogen (secondary N) is 1. The van der Waals surface area contributed by atoms with Crippen LogP contribution in [-0.2, 0) is 70.6 Å². The monoisotopic (exact) mass is 1980 g/mol. The van der Waals surface area contributed by atoms with Crippen molar-refractivity contribution in [3.8, 4) is 0 Å². The number of aliphatic carboxylic acids is 2. The minimum Gasteiger partial charge on any atom is -0.480 e. The quantitative estimate of drug-likeness (QED) is 0.0364. The molecule has 8 fully saturated rings. The van der Waals surface area contributed by atoms with Crippen molar-refractivity contribution in [3.63, 3.8) is 0 Å². The summed E-state index contributed by atoms with van der Waals surface area (Å²) in [5, 5.41) is 31.0. The zero-order valence-electron chi connectivity index (χ0n) is 67.6. The lowest BCUT2D eigenvalue weighted by Crippen LogP contribution is -2.46. The van der Waals surface area contributed by atoms with Gasteiger partial charge in [0, 0.05) is 69.2 Å². The number of primary amides is 2. The third-order valence-electron chi connectivity index (χ3n) is 19.6. The molecule has 4 aliphatic carbocycles. The Labute approximate surface area is 744 Å². The van der Waals surface area contributed by atoms with Crippen LogP contribution in [-0.4, -0.2) is 237 Å². The summed E-state index contributed by atoms with van der Waals surface area (Å²) in [5.74, 6) is -1.11. The maximum Gasteiger partial charge on any atom is 0.411 e. The largest absolute Gasteiger partial charge is 0.480 e. The molecule has 0 spiro atoms. The van der Waals surface area contributed by atoms with Gasteiger partial charge >= 0.3 is 24.1 Å². The summed E-state index contributed by atoms with van der Waals surface area (Å²) in [5.41, 5.74) is 18.6. The van der Waals surface area contributed by atoms with Crippen LogP contribution in [0.1, 0.15) is 145 Å². The van der Waals surface area contributed by atoms with Crippen LogP contribution in [0.25, 0.3) is 22.1 Å². The molecular formula is C78H93Br4Cl3N22O14. The second kappa shape index (κ2) is 42.1. The minimum atomic E-state index is -1.06. The molecule has 121 heavy (non-hydrogen) atoms. The predicted octanol–water partition coefficient (Wildman–Crippen LogP) is 10.1. The smallest absolute Gasteiger partial charge is 0.411 e. The Morgan fingerprint density at radius 1 is 0.537 bits per heavy atom. The summed E-state index contributed by atoms with van der Waals surface area (Å²) in [4.78, 5) is 167. The van der Waals surface area contributed by atoms with Gasteiger partial charge in [-0.3, -0.25) is 63.3 Å². The van der Waals surface area contributed by atoms with Crippen LogP contribution in [0.15, 0.2) is 115 Å². The summed E-state index contributed by atoms with van der Waals surface area (Å²) in [6.45, 7) is 14.3. The molecule has 12 atom stereocenters. The Balaban J connectivity index is 0.000000166. The van der Waals surface area contributed by atoms with E-state index in [4.69, 9.17) is 71.7 Å². The number of carboxylic acid groups (broad SMARTS) is 2. The predicted molar refractivity (Wildman–Crippen MR) is 459 cm³/mol. The number of likely N-dealkylation sites (tertiary alicyclic amines) is 3. The fraction of sp³-hybridized carbons (Fsp3) is 0.487. The van der Waals surface area contributed by atoms with Gasteiger partial charge in [0.15, 0.2) is 40.0 Å². The number of Topliss-reactive ketones (excluding diaryl/α,β-unsaturated/α-hetero) is 3. The first-order valence-corrected chi connectivity index (χ1v) is 42.7. The molecule has 9 N–H and O–H groups in total. The van der Waals surface area contributed by atoms with E-state index in [1.54, 1.807) is 104 Å². The zero-order valence-corrected chi connectivity index (χ0v) is 76.2. The second-order valence-corrected chi connectivity index (χ2v) is 36.2. The molecule has 36 nitrogen and oxygen atoms in total. The molecule has 4 unspecified atom stereocenters. The minimum absolute atomic E-state index is 0.00420. The van der Waals surface area contributed by atoms with Crippen LogP contribution in [0.3, 0.4) is 0 Å². The molecule has 648 valence electrons. The van der Waals surface area contributed by atoms with Crippen molar-refractivity contribution in [1.29, 1.82) is 0 Å². The van der Waals surface area contributed by atoms with Gasteiger partial charge in [-0.05, 0) is 224 Å². The van der Waals surface area contributed by atoms with E-state index in [-0.39, 0.29) is 96.2 Å². The van der Waals surface area contributed by atoms with E-state index in [1.165, 1.54) is 28.4 Å². The fourth-order valence-electron chi connectivity index (χ4n) is 14.3. The number of ether oxygens (including phenoxy) is 2. The van der Waals surface area contributed by atoms with Gasteiger partial charge in [0.25, 0.3) is 11.8 Å². The van der Waals surface area contributed by atoms with Crippen molar-refractivity contribution in [2.24, 2.45) is 35.1 Å². The Hall–Kier alpha value is -9.45. The van der Waals surface area contributed by atoms with Gasteiger partial charge in [-0.15, -0.1) is 23.2 Å². The lowest BCUT2D eigenvalue weighted by Gasteiger charge is -2.29. The number of anilines is 1. The Kier molecular flexibility index (Phi) is 33.2. The van der Waals surface area contributed by atoms with E-state index < -0.39 is 59.2 Å². The number of ketones is 3. The highest BCUT2D eigenvalue weighted by atomic mass is 79.9. The first kappa shape index (κ1) is 95.4. The van der Waals surface area contributed by atoms with Gasteiger partial charge < -0.3 is 52.0 Å². The number of fused-ring (bicyclic) bond motifs is 6. The molecule has 12 heterocycles. The highest BCUT2D eigenvalue weighted by Crippen LogP contribution is 2.51. The molecule has 0 bridgehead atoms. The SMILES string of the molecule is CC(C)(C)OC(=O)N1C2C[C@@H]2C[C@H]1C(=O)Cc1cncc(Br)n1.CC(C)(C)OC(=O)N1C2C[C@@H]2C[C@H]1C(=O)O.CC(C)=C(Cl)N(C)C.ClCCl.NC(=O)c1nn(CC(=O)N2C3C[C@@H]3C[C@H]2C(=O)Cc2cncc(Br)n2)c2ncccc12.NC(=O)c1nn(CC(=O)O)c2ncccc12.Nc1cncc(Br)n1.O=C(Cc1cncc(Br)n1)[C@@H]1C[C@H]2CC2N1. The molecule has 8 aromatic rings. The number of alkyl halides is 2. The van der Waals surface area contributed by atoms with Crippen LogP contribution in [0, 0.1) is 23.7 Å². The number of aromatic nitrogens is 14. The number of nitrogens with two attached hydrogens (primary N) is 3.